The van der Waals surface area contributed by atoms with Gasteiger partial charge in [0.15, 0.2) is 5.82 Å². The number of ether oxygens (including phenoxy) is 1. The predicted molar refractivity (Wildman–Crippen MR) is 82.0 cm³/mol. The Morgan fingerprint density at radius 1 is 1.10 bits per heavy atom. The van der Waals surface area contributed by atoms with Crippen molar-refractivity contribution in [3.05, 3.63) is 58.7 Å². The van der Waals surface area contributed by atoms with Gasteiger partial charge in [-0.05, 0) is 11.5 Å². The van der Waals surface area contributed by atoms with Gasteiger partial charge in [-0.25, -0.2) is 9.97 Å². The van der Waals surface area contributed by atoms with Crippen LogP contribution in [0.15, 0.2) is 30.3 Å². The number of benzene rings is 1. The SMILES string of the molecule is COC(c1ccccc1)c1nc2c(c(C(C)C)n1)CNC2. The number of rotatable bonds is 4. The third-order valence-electron chi connectivity index (χ3n) is 3.86. The molecule has 0 spiro atoms. The fraction of sp³-hybridized carbons (Fsp3) is 0.412. The van der Waals surface area contributed by atoms with E-state index in [1.54, 1.807) is 7.11 Å². The van der Waals surface area contributed by atoms with Crippen molar-refractivity contribution >= 4 is 0 Å². The van der Waals surface area contributed by atoms with E-state index in [1.165, 1.54) is 5.56 Å². The Labute approximate surface area is 125 Å². The minimum absolute atomic E-state index is 0.213. The quantitative estimate of drug-likeness (QED) is 0.937. The lowest BCUT2D eigenvalue weighted by molar-refractivity contribution is 0.128. The zero-order chi connectivity index (χ0) is 14.8. The van der Waals surface area contributed by atoms with Gasteiger partial charge in [-0.1, -0.05) is 44.2 Å². The molecule has 2 aromatic rings. The van der Waals surface area contributed by atoms with Crippen LogP contribution in [0.1, 0.15) is 54.2 Å². The standard InChI is InChI=1S/C17H21N3O/c1-11(2)15-13-9-18-10-14(13)19-17(20-15)16(21-3)12-7-5-4-6-8-12/h4-8,11,16,18H,9-10H2,1-3H3. The summed E-state index contributed by atoms with van der Waals surface area (Å²) >= 11 is 0. The van der Waals surface area contributed by atoms with E-state index in [0.29, 0.717) is 5.92 Å². The second-order valence-electron chi connectivity index (χ2n) is 5.68. The lowest BCUT2D eigenvalue weighted by Crippen LogP contribution is -2.13. The van der Waals surface area contributed by atoms with Crippen molar-refractivity contribution in [3.63, 3.8) is 0 Å². The summed E-state index contributed by atoms with van der Waals surface area (Å²) in [5, 5.41) is 3.36. The first-order valence-corrected chi connectivity index (χ1v) is 7.38. The minimum Gasteiger partial charge on any atom is -0.369 e. The van der Waals surface area contributed by atoms with Crippen molar-refractivity contribution < 1.29 is 4.74 Å². The number of nitrogens with one attached hydrogen (secondary N) is 1. The van der Waals surface area contributed by atoms with Crippen LogP contribution in [0.2, 0.25) is 0 Å². The average Bonchev–Trinajstić information content (AvgIpc) is 2.96. The van der Waals surface area contributed by atoms with Crippen molar-refractivity contribution in [2.75, 3.05) is 7.11 Å². The molecule has 1 unspecified atom stereocenters. The zero-order valence-electron chi connectivity index (χ0n) is 12.8. The van der Waals surface area contributed by atoms with E-state index in [1.807, 2.05) is 18.2 Å². The number of methoxy groups -OCH3 is 1. The maximum absolute atomic E-state index is 5.67. The Morgan fingerprint density at radius 2 is 1.86 bits per heavy atom. The van der Waals surface area contributed by atoms with Crippen LogP contribution >= 0.6 is 0 Å². The molecule has 21 heavy (non-hydrogen) atoms. The van der Waals surface area contributed by atoms with Gasteiger partial charge in [-0.3, -0.25) is 0 Å². The fourth-order valence-electron chi connectivity index (χ4n) is 2.83. The lowest BCUT2D eigenvalue weighted by atomic mass is 10.0. The highest BCUT2D eigenvalue weighted by atomic mass is 16.5. The molecule has 0 saturated carbocycles. The first-order chi connectivity index (χ1) is 10.2. The number of hydrogen-bond donors (Lipinski definition) is 1. The van der Waals surface area contributed by atoms with Gasteiger partial charge in [0.25, 0.3) is 0 Å². The van der Waals surface area contributed by atoms with Crippen LogP contribution in [0.25, 0.3) is 0 Å². The van der Waals surface area contributed by atoms with Crippen LogP contribution < -0.4 is 5.32 Å². The average molecular weight is 283 g/mol. The molecule has 1 aromatic carbocycles. The van der Waals surface area contributed by atoms with Crippen LogP contribution in [-0.4, -0.2) is 17.1 Å². The van der Waals surface area contributed by atoms with Crippen molar-refractivity contribution in [3.8, 4) is 0 Å². The Bertz CT molecular complexity index is 625. The first-order valence-electron chi connectivity index (χ1n) is 7.38. The highest BCUT2D eigenvalue weighted by Crippen LogP contribution is 2.28. The molecule has 1 atom stereocenters. The van der Waals surface area contributed by atoms with Crippen molar-refractivity contribution in [2.45, 2.75) is 39.0 Å². The third kappa shape index (κ3) is 2.69. The van der Waals surface area contributed by atoms with Gasteiger partial charge < -0.3 is 10.1 Å². The van der Waals surface area contributed by atoms with E-state index < -0.39 is 0 Å². The van der Waals surface area contributed by atoms with Crippen molar-refractivity contribution in [2.24, 2.45) is 0 Å². The van der Waals surface area contributed by atoms with Gasteiger partial charge in [0.05, 0.1) is 11.4 Å². The molecule has 0 saturated heterocycles. The van der Waals surface area contributed by atoms with Crippen LogP contribution in [-0.2, 0) is 17.8 Å². The second kappa shape index (κ2) is 5.92. The molecule has 0 radical (unpaired) electrons. The van der Waals surface area contributed by atoms with Gasteiger partial charge in [0.2, 0.25) is 0 Å². The molecule has 2 heterocycles. The van der Waals surface area contributed by atoms with E-state index in [9.17, 15) is 0 Å². The molecule has 0 bridgehead atoms. The monoisotopic (exact) mass is 283 g/mol. The second-order valence-corrected chi connectivity index (χ2v) is 5.68. The molecule has 110 valence electrons. The Kier molecular flexibility index (Phi) is 3.99. The molecule has 0 aliphatic carbocycles. The molecule has 0 amide bonds. The number of aromatic nitrogens is 2. The molecule has 4 nitrogen and oxygen atoms in total. The summed E-state index contributed by atoms with van der Waals surface area (Å²) in [5.41, 5.74) is 4.59. The van der Waals surface area contributed by atoms with Gasteiger partial charge in [0, 0.05) is 25.8 Å². The van der Waals surface area contributed by atoms with E-state index in [2.05, 4.69) is 31.3 Å². The van der Waals surface area contributed by atoms with Crippen LogP contribution in [0.4, 0.5) is 0 Å². The predicted octanol–water partition coefficient (Wildman–Crippen LogP) is 2.94. The molecular formula is C17H21N3O. The summed E-state index contributed by atoms with van der Waals surface area (Å²) in [5.74, 6) is 1.14. The summed E-state index contributed by atoms with van der Waals surface area (Å²) in [6.07, 6.45) is -0.213. The highest BCUT2D eigenvalue weighted by Gasteiger charge is 2.24. The molecular weight excluding hydrogens is 262 g/mol. The van der Waals surface area contributed by atoms with Gasteiger partial charge in [-0.15, -0.1) is 0 Å². The van der Waals surface area contributed by atoms with Gasteiger partial charge in [-0.2, -0.15) is 0 Å². The minimum atomic E-state index is -0.213. The van der Waals surface area contributed by atoms with E-state index in [-0.39, 0.29) is 6.10 Å². The summed E-state index contributed by atoms with van der Waals surface area (Å²) < 4.78 is 5.67. The summed E-state index contributed by atoms with van der Waals surface area (Å²) in [4.78, 5) is 9.56. The van der Waals surface area contributed by atoms with Crippen LogP contribution in [0.5, 0.6) is 0 Å². The van der Waals surface area contributed by atoms with Gasteiger partial charge >= 0.3 is 0 Å². The number of hydrogen-bond acceptors (Lipinski definition) is 4. The van der Waals surface area contributed by atoms with Gasteiger partial charge in [0.1, 0.15) is 6.10 Å². The molecule has 1 N–H and O–H groups in total. The van der Waals surface area contributed by atoms with E-state index in [4.69, 9.17) is 14.7 Å². The summed E-state index contributed by atoms with van der Waals surface area (Å²) in [6, 6.07) is 10.1. The lowest BCUT2D eigenvalue weighted by Gasteiger charge is -2.18. The first kappa shape index (κ1) is 14.2. The van der Waals surface area contributed by atoms with Crippen molar-refractivity contribution in [1.82, 2.24) is 15.3 Å². The molecule has 1 aromatic heterocycles. The molecule has 3 rings (SSSR count). The highest BCUT2D eigenvalue weighted by molar-refractivity contribution is 5.33. The maximum Gasteiger partial charge on any atom is 0.162 e. The molecule has 0 fully saturated rings. The number of fused-ring (bicyclic) bond motifs is 1. The third-order valence-corrected chi connectivity index (χ3v) is 3.86. The molecule has 1 aliphatic heterocycles. The Morgan fingerprint density at radius 3 is 2.52 bits per heavy atom. The topological polar surface area (TPSA) is 47.0 Å². The Balaban J connectivity index is 2.07. The van der Waals surface area contributed by atoms with E-state index >= 15 is 0 Å². The summed E-state index contributed by atoms with van der Waals surface area (Å²) in [7, 11) is 1.71. The largest absolute Gasteiger partial charge is 0.369 e. The Hall–Kier alpha value is -1.78. The zero-order valence-corrected chi connectivity index (χ0v) is 12.8. The smallest absolute Gasteiger partial charge is 0.162 e. The van der Waals surface area contributed by atoms with Crippen LogP contribution in [0, 0.1) is 0 Å². The maximum atomic E-state index is 5.67. The number of nitrogens with zero attached hydrogens (tertiary/aromatic N) is 2. The fourth-order valence-corrected chi connectivity index (χ4v) is 2.83. The van der Waals surface area contributed by atoms with E-state index in [0.717, 1.165) is 35.9 Å². The normalized spacial score (nSPS) is 15.2. The summed E-state index contributed by atoms with van der Waals surface area (Å²) in [6.45, 7) is 6.03. The molecule has 1 aliphatic rings. The van der Waals surface area contributed by atoms with Crippen LogP contribution in [0.3, 0.4) is 0 Å². The molecule has 4 heteroatoms. The van der Waals surface area contributed by atoms with Crippen molar-refractivity contribution in [1.29, 1.82) is 0 Å².